The number of anilines is 1. The highest BCUT2D eigenvalue weighted by Gasteiger charge is 2.20. The maximum absolute atomic E-state index is 11.9. The van der Waals surface area contributed by atoms with Crippen LogP contribution >= 0.6 is 12.4 Å². The van der Waals surface area contributed by atoms with Crippen molar-refractivity contribution >= 4 is 24.0 Å². The molecule has 1 aromatic rings. The average molecular weight is 336 g/mol. The second-order valence-electron chi connectivity index (χ2n) is 4.89. The van der Waals surface area contributed by atoms with Crippen molar-refractivity contribution in [3.05, 3.63) is 29.8 Å². The zero-order valence-electron chi connectivity index (χ0n) is 13.1. The molecule has 0 unspecified atom stereocenters. The molecule has 0 radical (unpaired) electrons. The van der Waals surface area contributed by atoms with Gasteiger partial charge in [0.15, 0.2) is 0 Å². The van der Waals surface area contributed by atoms with Crippen molar-refractivity contribution in [3.8, 4) is 0 Å². The Morgan fingerprint density at radius 3 is 2.00 bits per heavy atom. The van der Waals surface area contributed by atoms with E-state index in [0.717, 1.165) is 30.7 Å². The van der Waals surface area contributed by atoms with Gasteiger partial charge in [0.05, 0.1) is 32.7 Å². The standard InChI is InChI=1S/C15H25N3O.2ClH/c1-4-18(5-2,6-3)12-11-17-15(19)13-7-9-14(16)10-8-13;;/h7-10H,4-6,11-12H2,1-3H3,(H2-,16,17,19);2*1H. The Labute approximate surface area is 140 Å². The Balaban J connectivity index is 0. The van der Waals surface area contributed by atoms with Crippen molar-refractivity contribution in [2.45, 2.75) is 20.8 Å². The minimum atomic E-state index is -0.0265. The molecule has 0 bridgehead atoms. The monoisotopic (exact) mass is 335 g/mol. The first-order chi connectivity index (χ1) is 9.06. The van der Waals surface area contributed by atoms with E-state index in [1.54, 1.807) is 24.3 Å². The Kier molecular flexibility index (Phi) is 11.4. The molecule has 21 heavy (non-hydrogen) atoms. The Morgan fingerprint density at radius 1 is 1.10 bits per heavy atom. The predicted octanol–water partition coefficient (Wildman–Crippen LogP) is -0.699. The van der Waals surface area contributed by atoms with Crippen molar-refractivity contribution in [3.63, 3.8) is 0 Å². The number of carbonyl (C=O) groups excluding carboxylic acids is 1. The molecule has 0 heterocycles. The van der Waals surface area contributed by atoms with Gasteiger partial charge in [-0.3, -0.25) is 4.79 Å². The van der Waals surface area contributed by atoms with Gasteiger partial charge in [-0.15, -0.1) is 12.4 Å². The molecule has 0 atom stereocenters. The van der Waals surface area contributed by atoms with Crippen LogP contribution in [0.25, 0.3) is 0 Å². The third kappa shape index (κ3) is 6.55. The summed E-state index contributed by atoms with van der Waals surface area (Å²) in [6.07, 6.45) is 0. The maximum Gasteiger partial charge on any atom is 0.251 e. The number of quaternary nitrogens is 1. The number of hydrogen-bond donors (Lipinski definition) is 2. The van der Waals surface area contributed by atoms with Gasteiger partial charge in [0, 0.05) is 11.3 Å². The van der Waals surface area contributed by atoms with Crippen molar-refractivity contribution in [1.29, 1.82) is 0 Å². The van der Waals surface area contributed by atoms with Gasteiger partial charge in [-0.1, -0.05) is 0 Å². The number of rotatable bonds is 7. The first kappa shape index (κ1) is 22.3. The number of nitrogens with one attached hydrogen (secondary N) is 1. The number of hydrogen-bond acceptors (Lipinski definition) is 2. The Hall–Kier alpha value is -0.970. The van der Waals surface area contributed by atoms with Gasteiger partial charge in [0.1, 0.15) is 0 Å². The van der Waals surface area contributed by atoms with E-state index in [9.17, 15) is 4.79 Å². The van der Waals surface area contributed by atoms with Crippen molar-refractivity contribution in [2.75, 3.05) is 38.5 Å². The van der Waals surface area contributed by atoms with Crippen molar-refractivity contribution in [1.82, 2.24) is 5.32 Å². The Morgan fingerprint density at radius 2 is 1.57 bits per heavy atom. The van der Waals surface area contributed by atoms with Crippen LogP contribution in [0.2, 0.25) is 0 Å². The highest BCUT2D eigenvalue weighted by molar-refractivity contribution is 5.94. The predicted molar refractivity (Wildman–Crippen MR) is 87.2 cm³/mol. The van der Waals surface area contributed by atoms with E-state index >= 15 is 0 Å². The number of benzene rings is 1. The van der Waals surface area contributed by atoms with Crippen LogP contribution in [0.4, 0.5) is 5.69 Å². The molecule has 1 rings (SSSR count). The molecule has 4 nitrogen and oxygen atoms in total. The molecule has 0 saturated heterocycles. The minimum Gasteiger partial charge on any atom is -1.00 e. The molecule has 122 valence electrons. The minimum absolute atomic E-state index is 0. The van der Waals surface area contributed by atoms with Crippen LogP contribution in [-0.4, -0.2) is 43.1 Å². The van der Waals surface area contributed by atoms with Crippen molar-refractivity contribution in [2.24, 2.45) is 0 Å². The van der Waals surface area contributed by atoms with Crippen LogP contribution in [0.1, 0.15) is 31.1 Å². The summed E-state index contributed by atoms with van der Waals surface area (Å²) in [5, 5.41) is 2.98. The molecule has 0 aliphatic rings. The molecular formula is C15H27Cl2N3O. The SMILES string of the molecule is CC[N+](CC)(CC)CCNC(=O)c1ccc(N)cc1.Cl.[Cl-]. The molecular weight excluding hydrogens is 309 g/mol. The van der Waals surface area contributed by atoms with Crippen LogP contribution in [0.15, 0.2) is 24.3 Å². The van der Waals surface area contributed by atoms with Gasteiger partial charge in [0.25, 0.3) is 5.91 Å². The molecule has 0 fully saturated rings. The largest absolute Gasteiger partial charge is 1.00 e. The molecule has 1 aromatic carbocycles. The maximum atomic E-state index is 11.9. The summed E-state index contributed by atoms with van der Waals surface area (Å²) in [5.41, 5.74) is 6.94. The zero-order chi connectivity index (χ0) is 14.3. The number of halogens is 2. The molecule has 0 aromatic heterocycles. The fourth-order valence-corrected chi connectivity index (χ4v) is 2.29. The summed E-state index contributed by atoms with van der Waals surface area (Å²) in [4.78, 5) is 11.9. The van der Waals surface area contributed by atoms with Crippen LogP contribution in [0, 0.1) is 0 Å². The lowest BCUT2D eigenvalue weighted by Gasteiger charge is -2.35. The van der Waals surface area contributed by atoms with Gasteiger partial charge in [-0.25, -0.2) is 0 Å². The van der Waals surface area contributed by atoms with Crippen LogP contribution < -0.4 is 23.5 Å². The normalized spacial score (nSPS) is 10.2. The molecule has 0 saturated carbocycles. The number of likely N-dealkylation sites (N-methyl/N-ethyl adjacent to an activating group) is 1. The fourth-order valence-electron chi connectivity index (χ4n) is 2.29. The summed E-state index contributed by atoms with van der Waals surface area (Å²) in [5.74, 6) is -0.0265. The first-order valence-electron chi connectivity index (χ1n) is 7.05. The highest BCUT2D eigenvalue weighted by atomic mass is 35.5. The van der Waals surface area contributed by atoms with Gasteiger partial charge in [0.2, 0.25) is 0 Å². The van der Waals surface area contributed by atoms with Crippen LogP contribution in [0.5, 0.6) is 0 Å². The lowest BCUT2D eigenvalue weighted by atomic mass is 10.2. The lowest BCUT2D eigenvalue weighted by Crippen LogP contribution is -3.00. The second-order valence-corrected chi connectivity index (χ2v) is 4.89. The average Bonchev–Trinajstić information content (AvgIpc) is 2.45. The summed E-state index contributed by atoms with van der Waals surface area (Å²) < 4.78 is 1.04. The topological polar surface area (TPSA) is 55.1 Å². The smallest absolute Gasteiger partial charge is 0.251 e. The van der Waals surface area contributed by atoms with E-state index in [-0.39, 0.29) is 30.7 Å². The van der Waals surface area contributed by atoms with E-state index in [0.29, 0.717) is 17.8 Å². The lowest BCUT2D eigenvalue weighted by molar-refractivity contribution is -0.922. The number of carbonyl (C=O) groups is 1. The van der Waals surface area contributed by atoms with Gasteiger partial charge >= 0.3 is 0 Å². The quantitative estimate of drug-likeness (QED) is 0.511. The van der Waals surface area contributed by atoms with Crippen LogP contribution in [-0.2, 0) is 0 Å². The number of nitrogen functional groups attached to an aromatic ring is 1. The van der Waals surface area contributed by atoms with Crippen LogP contribution in [0.3, 0.4) is 0 Å². The summed E-state index contributed by atoms with van der Waals surface area (Å²) in [6, 6.07) is 7.01. The van der Waals surface area contributed by atoms with E-state index in [1.165, 1.54) is 0 Å². The highest BCUT2D eigenvalue weighted by Crippen LogP contribution is 2.06. The van der Waals surface area contributed by atoms with E-state index in [1.807, 2.05) is 0 Å². The van der Waals surface area contributed by atoms with Crippen molar-refractivity contribution < 1.29 is 21.7 Å². The van der Waals surface area contributed by atoms with E-state index < -0.39 is 0 Å². The van der Waals surface area contributed by atoms with Gasteiger partial charge in [-0.05, 0) is 45.0 Å². The molecule has 1 amide bonds. The zero-order valence-corrected chi connectivity index (χ0v) is 14.6. The molecule has 0 aliphatic carbocycles. The Bertz CT molecular complexity index is 398. The molecule has 6 heteroatoms. The summed E-state index contributed by atoms with van der Waals surface area (Å²) in [7, 11) is 0. The number of nitrogens with two attached hydrogens (primary N) is 1. The molecule has 0 spiro atoms. The van der Waals surface area contributed by atoms with E-state index in [2.05, 4.69) is 26.1 Å². The van der Waals surface area contributed by atoms with E-state index in [4.69, 9.17) is 5.73 Å². The molecule has 0 aliphatic heterocycles. The van der Waals surface area contributed by atoms with Gasteiger partial charge in [-0.2, -0.15) is 0 Å². The second kappa shape index (κ2) is 10.7. The number of nitrogens with zero attached hydrogens (tertiary/aromatic N) is 1. The molecule has 3 N–H and O–H groups in total. The summed E-state index contributed by atoms with van der Waals surface area (Å²) >= 11 is 0. The summed E-state index contributed by atoms with van der Waals surface area (Å²) in [6.45, 7) is 11.6. The third-order valence-corrected chi connectivity index (χ3v) is 4.06. The fraction of sp³-hybridized carbons (Fsp3) is 0.533. The third-order valence-electron chi connectivity index (χ3n) is 4.06. The first-order valence-corrected chi connectivity index (χ1v) is 7.05. The van der Waals surface area contributed by atoms with Gasteiger partial charge < -0.3 is 27.9 Å². The number of amides is 1.